The number of alkyl halides is 2. The average Bonchev–Trinajstić information content (AvgIpc) is 3.47. The topological polar surface area (TPSA) is 109 Å². The van der Waals surface area contributed by atoms with E-state index in [1.165, 1.54) is 43.3 Å². The van der Waals surface area contributed by atoms with Crippen LogP contribution >= 0.6 is 11.8 Å². The van der Waals surface area contributed by atoms with Crippen LogP contribution in [0.3, 0.4) is 0 Å². The first-order chi connectivity index (χ1) is 14.1. The van der Waals surface area contributed by atoms with Crippen LogP contribution in [-0.2, 0) is 5.75 Å². The molecule has 0 spiro atoms. The molecule has 0 saturated heterocycles. The monoisotopic (exact) mass is 422 g/mol. The van der Waals surface area contributed by atoms with Crippen molar-refractivity contribution in [3.05, 3.63) is 42.5 Å². The summed E-state index contributed by atoms with van der Waals surface area (Å²) in [6.45, 7) is -2.96. The van der Waals surface area contributed by atoms with Gasteiger partial charge in [-0.1, -0.05) is 16.9 Å². The Morgan fingerprint density at radius 3 is 2.83 bits per heavy atom. The number of hydrogen-bond donors (Lipinski definition) is 0. The SMILES string of the molecule is COc1cc(-c2noc(CSc3nnc(-c4ccco4)o3)n2)ccc1OC(F)F. The zero-order chi connectivity index (χ0) is 20.2. The van der Waals surface area contributed by atoms with Gasteiger partial charge in [-0.2, -0.15) is 13.8 Å². The average molecular weight is 422 g/mol. The minimum atomic E-state index is -2.96. The second-order valence-corrected chi connectivity index (χ2v) is 6.32. The highest BCUT2D eigenvalue weighted by Crippen LogP contribution is 2.33. The van der Waals surface area contributed by atoms with Crippen molar-refractivity contribution < 1.29 is 31.6 Å². The molecule has 4 aromatic rings. The second kappa shape index (κ2) is 8.31. The van der Waals surface area contributed by atoms with Crippen molar-refractivity contribution in [3.63, 3.8) is 0 Å². The number of furan rings is 1. The fraction of sp³-hybridized carbons (Fsp3) is 0.176. The maximum Gasteiger partial charge on any atom is 0.387 e. The summed E-state index contributed by atoms with van der Waals surface area (Å²) in [6, 6.07) is 7.77. The molecule has 0 fully saturated rings. The lowest BCUT2D eigenvalue weighted by molar-refractivity contribution is -0.0512. The molecule has 3 heterocycles. The van der Waals surface area contributed by atoms with E-state index in [1.54, 1.807) is 12.1 Å². The molecule has 1 aromatic carbocycles. The van der Waals surface area contributed by atoms with Crippen LogP contribution in [0.15, 0.2) is 55.2 Å². The van der Waals surface area contributed by atoms with Crippen LogP contribution in [0.1, 0.15) is 5.89 Å². The molecule has 150 valence electrons. The molecule has 0 unspecified atom stereocenters. The molecule has 0 saturated carbocycles. The standard InChI is InChI=1S/C17H12F2N4O5S/c1-24-12-7-9(4-5-10(12)26-16(18)19)14-20-13(28-23-14)8-29-17-22-21-15(27-17)11-3-2-6-25-11/h2-7,16H,8H2,1H3. The molecule has 0 radical (unpaired) electrons. The smallest absolute Gasteiger partial charge is 0.387 e. The highest BCUT2D eigenvalue weighted by atomic mass is 32.2. The highest BCUT2D eigenvalue weighted by molar-refractivity contribution is 7.98. The van der Waals surface area contributed by atoms with Crippen molar-refractivity contribution in [2.75, 3.05) is 7.11 Å². The number of aromatic nitrogens is 4. The summed E-state index contributed by atoms with van der Waals surface area (Å²) in [5.74, 6) is 1.64. The molecule has 9 nitrogen and oxygen atoms in total. The zero-order valence-corrected chi connectivity index (χ0v) is 15.6. The molecule has 0 N–H and O–H groups in total. The maximum atomic E-state index is 12.4. The molecule has 0 bridgehead atoms. The first-order valence-electron chi connectivity index (χ1n) is 8.08. The van der Waals surface area contributed by atoms with Gasteiger partial charge in [0.05, 0.1) is 19.1 Å². The Kier molecular flexibility index (Phi) is 5.42. The summed E-state index contributed by atoms with van der Waals surface area (Å²) in [7, 11) is 1.34. The Hall–Kier alpha value is -3.41. The summed E-state index contributed by atoms with van der Waals surface area (Å²) >= 11 is 1.21. The van der Waals surface area contributed by atoms with E-state index in [4.69, 9.17) is 18.1 Å². The third kappa shape index (κ3) is 4.37. The first-order valence-corrected chi connectivity index (χ1v) is 9.07. The molecule has 29 heavy (non-hydrogen) atoms. The second-order valence-electron chi connectivity index (χ2n) is 5.39. The van der Waals surface area contributed by atoms with Crippen molar-refractivity contribution >= 4 is 11.8 Å². The molecule has 0 aliphatic carbocycles. The van der Waals surface area contributed by atoms with Crippen LogP contribution in [0.25, 0.3) is 23.0 Å². The minimum Gasteiger partial charge on any atom is -0.493 e. The van der Waals surface area contributed by atoms with Crippen LogP contribution in [0, 0.1) is 0 Å². The Bertz CT molecular complexity index is 1080. The summed E-state index contributed by atoms with van der Waals surface area (Å²) in [5.41, 5.74) is 0.515. The Morgan fingerprint density at radius 2 is 2.07 bits per heavy atom. The number of nitrogens with zero attached hydrogens (tertiary/aromatic N) is 4. The van der Waals surface area contributed by atoms with E-state index in [1.807, 2.05) is 0 Å². The van der Waals surface area contributed by atoms with Gasteiger partial charge >= 0.3 is 6.61 Å². The molecule has 12 heteroatoms. The van der Waals surface area contributed by atoms with E-state index >= 15 is 0 Å². The van der Waals surface area contributed by atoms with Gasteiger partial charge in [0.2, 0.25) is 11.7 Å². The van der Waals surface area contributed by atoms with Crippen LogP contribution in [0.5, 0.6) is 11.5 Å². The number of methoxy groups -OCH3 is 1. The van der Waals surface area contributed by atoms with Crippen molar-refractivity contribution in [2.45, 2.75) is 17.6 Å². The van der Waals surface area contributed by atoms with Gasteiger partial charge in [0, 0.05) is 5.56 Å². The van der Waals surface area contributed by atoms with Gasteiger partial charge in [0.15, 0.2) is 17.3 Å². The van der Waals surface area contributed by atoms with Gasteiger partial charge in [0.25, 0.3) is 11.1 Å². The lowest BCUT2D eigenvalue weighted by Gasteiger charge is -2.10. The Morgan fingerprint density at radius 1 is 1.17 bits per heavy atom. The number of benzene rings is 1. The fourth-order valence-electron chi connectivity index (χ4n) is 2.32. The van der Waals surface area contributed by atoms with Crippen molar-refractivity contribution in [2.24, 2.45) is 0 Å². The molecule has 4 rings (SSSR count). The lowest BCUT2D eigenvalue weighted by Crippen LogP contribution is -2.03. The van der Waals surface area contributed by atoms with Crippen LogP contribution in [0.4, 0.5) is 8.78 Å². The third-order valence-electron chi connectivity index (χ3n) is 3.56. The van der Waals surface area contributed by atoms with E-state index in [-0.39, 0.29) is 29.0 Å². The quantitative estimate of drug-likeness (QED) is 0.382. The minimum absolute atomic E-state index is 0.0886. The summed E-state index contributed by atoms with van der Waals surface area (Å²) in [6.07, 6.45) is 1.51. The summed E-state index contributed by atoms with van der Waals surface area (Å²) < 4.78 is 50.2. The summed E-state index contributed by atoms with van der Waals surface area (Å²) in [4.78, 5) is 4.27. The zero-order valence-electron chi connectivity index (χ0n) is 14.7. The van der Waals surface area contributed by atoms with E-state index in [2.05, 4.69) is 25.1 Å². The lowest BCUT2D eigenvalue weighted by atomic mass is 10.2. The molecule has 3 aromatic heterocycles. The molecule has 0 atom stereocenters. The van der Waals surface area contributed by atoms with E-state index in [0.717, 1.165) is 0 Å². The van der Waals surface area contributed by atoms with Crippen molar-refractivity contribution in [1.82, 2.24) is 20.3 Å². The number of halogens is 2. The van der Waals surface area contributed by atoms with Crippen LogP contribution in [0.2, 0.25) is 0 Å². The van der Waals surface area contributed by atoms with Gasteiger partial charge in [-0.05, 0) is 30.3 Å². The van der Waals surface area contributed by atoms with Gasteiger partial charge in [-0.15, -0.1) is 10.2 Å². The number of thioether (sulfide) groups is 1. The van der Waals surface area contributed by atoms with Gasteiger partial charge < -0.3 is 22.8 Å². The first kappa shape index (κ1) is 18.9. The van der Waals surface area contributed by atoms with E-state index in [0.29, 0.717) is 22.4 Å². The van der Waals surface area contributed by atoms with E-state index in [9.17, 15) is 8.78 Å². The Labute approximate surface area is 166 Å². The molecular weight excluding hydrogens is 410 g/mol. The number of rotatable bonds is 8. The molecule has 0 aliphatic rings. The molecule has 0 aliphatic heterocycles. The highest BCUT2D eigenvalue weighted by Gasteiger charge is 2.16. The molecule has 0 amide bonds. The van der Waals surface area contributed by atoms with Gasteiger partial charge in [-0.25, -0.2) is 0 Å². The number of ether oxygens (including phenoxy) is 2. The normalized spacial score (nSPS) is 11.2. The molecular formula is C17H12F2N4O5S. The van der Waals surface area contributed by atoms with Crippen LogP contribution < -0.4 is 9.47 Å². The van der Waals surface area contributed by atoms with Crippen LogP contribution in [-0.4, -0.2) is 34.1 Å². The van der Waals surface area contributed by atoms with Crippen molar-refractivity contribution in [1.29, 1.82) is 0 Å². The maximum absolute atomic E-state index is 12.4. The van der Waals surface area contributed by atoms with Gasteiger partial charge in [-0.3, -0.25) is 0 Å². The summed E-state index contributed by atoms with van der Waals surface area (Å²) in [5, 5.41) is 12.0. The largest absolute Gasteiger partial charge is 0.493 e. The van der Waals surface area contributed by atoms with E-state index < -0.39 is 6.61 Å². The Balaban J connectivity index is 1.43. The fourth-order valence-corrected chi connectivity index (χ4v) is 2.92. The van der Waals surface area contributed by atoms with Gasteiger partial charge in [0.1, 0.15) is 0 Å². The third-order valence-corrected chi connectivity index (χ3v) is 4.37. The predicted molar refractivity (Wildman–Crippen MR) is 94.5 cm³/mol. The number of hydrogen-bond acceptors (Lipinski definition) is 10. The van der Waals surface area contributed by atoms with Crippen molar-refractivity contribution in [3.8, 4) is 34.5 Å². The predicted octanol–water partition coefficient (Wildman–Crippen LogP) is 4.28.